The fourth-order valence-electron chi connectivity index (χ4n) is 1.90. The number of aliphatic hydroxyl groups excluding tert-OH is 1. The minimum absolute atomic E-state index is 0.00958. The van der Waals surface area contributed by atoms with E-state index in [4.69, 9.17) is 10.2 Å². The Bertz CT molecular complexity index is 311. The zero-order valence-electron chi connectivity index (χ0n) is 8.77. The average Bonchev–Trinajstić information content (AvgIpc) is 2.48. The van der Waals surface area contributed by atoms with E-state index < -0.39 is 5.97 Å². The molecule has 84 valence electrons. The Hall–Kier alpha value is -1.20. The van der Waals surface area contributed by atoms with Crippen LogP contribution in [-0.4, -0.2) is 46.3 Å². The Kier molecular flexibility index (Phi) is 3.60. The molecule has 1 aliphatic rings. The maximum Gasteiger partial charge on any atom is 0.336 e. The largest absolute Gasteiger partial charge is 0.478 e. The van der Waals surface area contributed by atoms with Crippen molar-refractivity contribution in [2.75, 3.05) is 19.7 Å². The van der Waals surface area contributed by atoms with Gasteiger partial charge in [-0.3, -0.25) is 0 Å². The lowest BCUT2D eigenvalue weighted by atomic mass is 10.3. The number of nitrogens with zero attached hydrogens (tertiary/aromatic N) is 1. The molecule has 0 spiro atoms. The molecule has 0 aromatic rings. The van der Waals surface area contributed by atoms with Crippen LogP contribution in [0.25, 0.3) is 0 Å². The standard InChI is InChI=1S/C10H15NO4/c1-8(10(14)15)7-11(5-6-12)4-2-3-9(11)13/h7,12H,2-6H2,1H3/p+1. The van der Waals surface area contributed by atoms with E-state index in [0.717, 1.165) is 6.42 Å². The second-order valence-electron chi connectivity index (χ2n) is 3.82. The highest BCUT2D eigenvalue weighted by atomic mass is 16.4. The number of carbonyl (C=O) groups excluding carboxylic acids is 1. The van der Waals surface area contributed by atoms with Gasteiger partial charge < -0.3 is 10.2 Å². The van der Waals surface area contributed by atoms with Crippen molar-refractivity contribution in [1.29, 1.82) is 0 Å². The summed E-state index contributed by atoms with van der Waals surface area (Å²) in [4.78, 5) is 22.4. The summed E-state index contributed by atoms with van der Waals surface area (Å²) in [7, 11) is 0. The lowest BCUT2D eigenvalue weighted by molar-refractivity contribution is -0.795. The molecule has 2 N–H and O–H groups in total. The number of rotatable bonds is 4. The van der Waals surface area contributed by atoms with Gasteiger partial charge in [0.25, 0.3) is 0 Å². The number of hydrogen-bond acceptors (Lipinski definition) is 3. The zero-order chi connectivity index (χ0) is 11.5. The van der Waals surface area contributed by atoms with Crippen molar-refractivity contribution >= 4 is 11.9 Å². The third-order valence-electron chi connectivity index (χ3n) is 2.72. The molecule has 1 aliphatic heterocycles. The molecule has 1 fully saturated rings. The normalized spacial score (nSPS) is 27.1. The highest BCUT2D eigenvalue weighted by Crippen LogP contribution is 2.23. The van der Waals surface area contributed by atoms with E-state index in [1.807, 2.05) is 0 Å². The second kappa shape index (κ2) is 4.55. The van der Waals surface area contributed by atoms with Crippen LogP contribution in [0.4, 0.5) is 0 Å². The number of carboxylic acids is 1. The molecular weight excluding hydrogens is 198 g/mol. The molecule has 1 unspecified atom stereocenters. The van der Waals surface area contributed by atoms with Gasteiger partial charge in [0.15, 0.2) is 0 Å². The van der Waals surface area contributed by atoms with Crippen molar-refractivity contribution in [2.24, 2.45) is 0 Å². The van der Waals surface area contributed by atoms with E-state index >= 15 is 0 Å². The molecule has 0 aromatic heterocycles. The third kappa shape index (κ3) is 2.43. The van der Waals surface area contributed by atoms with Crippen LogP contribution in [0.3, 0.4) is 0 Å². The first kappa shape index (κ1) is 11.9. The quantitative estimate of drug-likeness (QED) is 0.514. The molecule has 0 aromatic carbocycles. The number of carboxylic acid groups (broad SMARTS) is 1. The van der Waals surface area contributed by atoms with Gasteiger partial charge in [-0.1, -0.05) is 0 Å². The second-order valence-corrected chi connectivity index (χ2v) is 3.82. The first-order valence-electron chi connectivity index (χ1n) is 4.95. The van der Waals surface area contributed by atoms with Crippen molar-refractivity contribution in [3.05, 3.63) is 11.8 Å². The first-order chi connectivity index (χ1) is 7.02. The molecule has 1 rings (SSSR count). The predicted octanol–water partition coefficient (Wildman–Crippen LogP) is 0.104. The first-order valence-corrected chi connectivity index (χ1v) is 4.95. The van der Waals surface area contributed by atoms with Crippen LogP contribution >= 0.6 is 0 Å². The van der Waals surface area contributed by atoms with Gasteiger partial charge in [0, 0.05) is 6.42 Å². The van der Waals surface area contributed by atoms with Gasteiger partial charge in [-0.05, 0) is 6.92 Å². The van der Waals surface area contributed by atoms with Crippen molar-refractivity contribution in [2.45, 2.75) is 19.8 Å². The van der Waals surface area contributed by atoms with E-state index in [1.165, 1.54) is 13.1 Å². The van der Waals surface area contributed by atoms with Crippen LogP contribution in [-0.2, 0) is 9.59 Å². The van der Waals surface area contributed by atoms with Crippen LogP contribution in [0.2, 0.25) is 0 Å². The van der Waals surface area contributed by atoms with E-state index in [-0.39, 0.29) is 29.1 Å². The van der Waals surface area contributed by atoms with Gasteiger partial charge in [-0.2, -0.15) is 0 Å². The van der Waals surface area contributed by atoms with Crippen molar-refractivity contribution < 1.29 is 24.3 Å². The maximum absolute atomic E-state index is 11.7. The Morgan fingerprint density at radius 2 is 2.27 bits per heavy atom. The minimum Gasteiger partial charge on any atom is -0.478 e. The molecular formula is C10H16NO4+. The van der Waals surface area contributed by atoms with Gasteiger partial charge >= 0.3 is 11.9 Å². The highest BCUT2D eigenvalue weighted by Gasteiger charge is 2.39. The van der Waals surface area contributed by atoms with E-state index in [9.17, 15) is 9.59 Å². The molecule has 0 saturated carbocycles. The number of quaternary nitrogens is 1. The van der Waals surface area contributed by atoms with Crippen molar-refractivity contribution in [3.8, 4) is 0 Å². The monoisotopic (exact) mass is 214 g/mol. The summed E-state index contributed by atoms with van der Waals surface area (Å²) in [5.74, 6) is -1.03. The summed E-state index contributed by atoms with van der Waals surface area (Å²) in [5, 5.41) is 17.7. The topological polar surface area (TPSA) is 74.6 Å². The maximum atomic E-state index is 11.7. The number of carbonyl (C=O) groups is 2. The highest BCUT2D eigenvalue weighted by molar-refractivity contribution is 5.86. The Morgan fingerprint density at radius 3 is 2.67 bits per heavy atom. The summed E-state index contributed by atoms with van der Waals surface area (Å²) in [6, 6.07) is 0. The summed E-state index contributed by atoms with van der Waals surface area (Å²) in [6.07, 6.45) is 2.67. The van der Waals surface area contributed by atoms with Crippen LogP contribution in [0, 0.1) is 0 Å². The summed E-state index contributed by atoms with van der Waals surface area (Å²) >= 11 is 0. The molecule has 1 atom stereocenters. The molecule has 0 aliphatic carbocycles. The molecule has 1 amide bonds. The van der Waals surface area contributed by atoms with E-state index in [1.54, 1.807) is 0 Å². The van der Waals surface area contributed by atoms with Crippen LogP contribution in [0.1, 0.15) is 19.8 Å². The molecule has 1 saturated heterocycles. The van der Waals surface area contributed by atoms with E-state index in [2.05, 4.69) is 0 Å². The Balaban J connectivity index is 2.97. The van der Waals surface area contributed by atoms with Crippen LogP contribution in [0.5, 0.6) is 0 Å². The average molecular weight is 214 g/mol. The lowest BCUT2D eigenvalue weighted by Crippen LogP contribution is -2.46. The Labute approximate surface area is 88.2 Å². The smallest absolute Gasteiger partial charge is 0.336 e. The number of amides is 1. The minimum atomic E-state index is -1.02. The molecule has 5 heteroatoms. The van der Waals surface area contributed by atoms with Gasteiger partial charge in [0.2, 0.25) is 0 Å². The third-order valence-corrected chi connectivity index (χ3v) is 2.72. The molecule has 0 radical (unpaired) electrons. The van der Waals surface area contributed by atoms with Gasteiger partial charge in [-0.15, -0.1) is 0 Å². The fraction of sp³-hybridized carbons (Fsp3) is 0.600. The van der Waals surface area contributed by atoms with E-state index in [0.29, 0.717) is 13.0 Å². The van der Waals surface area contributed by atoms with Crippen molar-refractivity contribution in [1.82, 2.24) is 0 Å². The predicted molar refractivity (Wildman–Crippen MR) is 52.7 cm³/mol. The van der Waals surface area contributed by atoms with Gasteiger partial charge in [0.05, 0.1) is 25.1 Å². The molecule has 1 heterocycles. The number of aliphatic carboxylic acids is 1. The Morgan fingerprint density at radius 1 is 1.60 bits per heavy atom. The molecule has 5 nitrogen and oxygen atoms in total. The zero-order valence-corrected chi connectivity index (χ0v) is 8.77. The number of aliphatic hydroxyl groups is 1. The van der Waals surface area contributed by atoms with Crippen LogP contribution in [0.15, 0.2) is 11.8 Å². The van der Waals surface area contributed by atoms with Crippen LogP contribution < -0.4 is 0 Å². The lowest BCUT2D eigenvalue weighted by Gasteiger charge is -2.26. The summed E-state index contributed by atoms with van der Waals surface area (Å²) in [5.41, 5.74) is 0.152. The fourth-order valence-corrected chi connectivity index (χ4v) is 1.90. The SMILES string of the molecule is CC(=C[N+]1(CCO)CCCC1=O)C(=O)O. The summed E-state index contributed by atoms with van der Waals surface area (Å²) < 4.78 is -0.0192. The summed E-state index contributed by atoms with van der Waals surface area (Å²) in [6.45, 7) is 2.20. The van der Waals surface area contributed by atoms with Crippen molar-refractivity contribution in [3.63, 3.8) is 0 Å². The molecule has 0 bridgehead atoms. The number of likely N-dealkylation sites (tertiary alicyclic amines) is 1. The van der Waals surface area contributed by atoms with Gasteiger partial charge in [0.1, 0.15) is 12.7 Å². The van der Waals surface area contributed by atoms with Gasteiger partial charge in [-0.25, -0.2) is 14.1 Å². The molecule has 15 heavy (non-hydrogen) atoms. The number of hydrogen-bond donors (Lipinski definition) is 2.